The Morgan fingerprint density at radius 2 is 0.930 bits per heavy atom. The maximum absolute atomic E-state index is 13.2. The second kappa shape index (κ2) is 13.9. The van der Waals surface area contributed by atoms with Crippen LogP contribution in [0.2, 0.25) is 0 Å². The van der Waals surface area contributed by atoms with Crippen LogP contribution in [0.1, 0.15) is 52.7 Å². The molecule has 0 N–H and O–H groups in total. The molecule has 0 aliphatic heterocycles. The molecule has 7 heteroatoms. The van der Waals surface area contributed by atoms with Gasteiger partial charge in [0.25, 0.3) is 0 Å². The Kier molecular flexibility index (Phi) is 10.3. The van der Waals surface area contributed by atoms with E-state index in [1.807, 2.05) is 90.1 Å². The molecule has 4 aromatic rings. The lowest BCUT2D eigenvalue weighted by atomic mass is 10.0. The van der Waals surface area contributed by atoms with E-state index in [-0.39, 0.29) is 0 Å². The number of carbonyl (C=O) groups is 2. The van der Waals surface area contributed by atoms with Crippen LogP contribution in [0.4, 0.5) is 9.59 Å². The van der Waals surface area contributed by atoms with Gasteiger partial charge in [0, 0.05) is 26.2 Å². The molecule has 0 spiro atoms. The van der Waals surface area contributed by atoms with Crippen molar-refractivity contribution in [3.05, 3.63) is 96.1 Å². The highest BCUT2D eigenvalue weighted by Gasteiger charge is 2.24. The van der Waals surface area contributed by atoms with Crippen LogP contribution < -0.4 is 0 Å². The summed E-state index contributed by atoms with van der Waals surface area (Å²) in [5.74, 6) is 0. The van der Waals surface area contributed by atoms with E-state index in [1.165, 1.54) is 0 Å². The van der Waals surface area contributed by atoms with Crippen molar-refractivity contribution < 1.29 is 23.8 Å². The van der Waals surface area contributed by atoms with Gasteiger partial charge in [-0.25, -0.2) is 9.59 Å². The number of hydrogen-bond acceptors (Lipinski definition) is 5. The van der Waals surface area contributed by atoms with Crippen molar-refractivity contribution in [2.75, 3.05) is 26.3 Å². The van der Waals surface area contributed by atoms with Gasteiger partial charge < -0.3 is 24.0 Å². The Morgan fingerprint density at radius 3 is 1.33 bits per heavy atom. The van der Waals surface area contributed by atoms with E-state index in [4.69, 9.17) is 14.2 Å². The summed E-state index contributed by atoms with van der Waals surface area (Å²) in [6.45, 7) is 13.2. The van der Waals surface area contributed by atoms with Crippen LogP contribution in [0.3, 0.4) is 0 Å². The molecule has 0 fully saturated rings. The maximum Gasteiger partial charge on any atom is 0.410 e. The molecule has 0 saturated heterocycles. The molecule has 0 aliphatic rings. The maximum atomic E-state index is 13.2. The first kappa shape index (κ1) is 31.8. The summed E-state index contributed by atoms with van der Waals surface area (Å²) in [5, 5.41) is 4.43. The first-order valence-electron chi connectivity index (χ1n) is 14.9. The van der Waals surface area contributed by atoms with Gasteiger partial charge in [-0.05, 0) is 74.2 Å². The molecule has 0 heterocycles. The third-order valence-electron chi connectivity index (χ3n) is 6.80. The lowest BCUT2D eigenvalue weighted by Gasteiger charge is -2.29. The Morgan fingerprint density at radius 1 is 0.558 bits per heavy atom. The number of amides is 2. The fourth-order valence-electron chi connectivity index (χ4n) is 4.85. The molecule has 0 aliphatic carbocycles. The zero-order valence-corrected chi connectivity index (χ0v) is 26.3. The van der Waals surface area contributed by atoms with Gasteiger partial charge >= 0.3 is 12.2 Å². The van der Waals surface area contributed by atoms with E-state index in [9.17, 15) is 9.59 Å². The summed E-state index contributed by atoms with van der Waals surface area (Å²) >= 11 is 0. The van der Waals surface area contributed by atoms with Crippen LogP contribution in [-0.4, -0.2) is 59.5 Å². The molecular weight excluding hydrogens is 540 g/mol. The summed E-state index contributed by atoms with van der Waals surface area (Å²) in [4.78, 5) is 29.7. The number of carbonyl (C=O) groups excluding carboxylic acids is 2. The minimum atomic E-state index is -0.621. The average Bonchev–Trinajstić information content (AvgIpc) is 2.94. The zero-order valence-electron chi connectivity index (χ0n) is 26.3. The molecule has 0 unspecified atom stereocenters. The van der Waals surface area contributed by atoms with Gasteiger partial charge in [-0.2, -0.15) is 0 Å². The van der Waals surface area contributed by atoms with E-state index in [0.717, 1.165) is 32.7 Å². The van der Waals surface area contributed by atoms with Crippen molar-refractivity contribution >= 4 is 33.7 Å². The molecule has 228 valence electrons. The molecule has 0 saturated carbocycles. The van der Waals surface area contributed by atoms with Crippen LogP contribution in [0.15, 0.2) is 84.9 Å². The van der Waals surface area contributed by atoms with Crippen molar-refractivity contribution in [1.82, 2.24) is 9.80 Å². The van der Waals surface area contributed by atoms with Crippen LogP contribution in [0.25, 0.3) is 21.5 Å². The monoisotopic (exact) mass is 584 g/mol. The number of fused-ring (bicyclic) bond motifs is 2. The van der Waals surface area contributed by atoms with Gasteiger partial charge in [0.1, 0.15) is 11.2 Å². The third kappa shape index (κ3) is 9.45. The van der Waals surface area contributed by atoms with Crippen molar-refractivity contribution in [1.29, 1.82) is 0 Å². The lowest BCUT2D eigenvalue weighted by Crippen LogP contribution is -2.40. The molecule has 7 nitrogen and oxygen atoms in total. The van der Waals surface area contributed by atoms with Gasteiger partial charge in [-0.3, -0.25) is 0 Å². The lowest BCUT2D eigenvalue weighted by molar-refractivity contribution is 0.00850. The van der Waals surface area contributed by atoms with E-state index >= 15 is 0 Å². The predicted molar refractivity (Wildman–Crippen MR) is 172 cm³/mol. The van der Waals surface area contributed by atoms with Crippen molar-refractivity contribution in [2.45, 2.75) is 65.8 Å². The molecule has 0 atom stereocenters. The summed E-state index contributed by atoms with van der Waals surface area (Å²) in [7, 11) is 0. The van der Waals surface area contributed by atoms with Crippen molar-refractivity contribution in [3.8, 4) is 0 Å². The minimum Gasteiger partial charge on any atom is -0.444 e. The van der Waals surface area contributed by atoms with Crippen molar-refractivity contribution in [2.24, 2.45) is 0 Å². The fourth-order valence-corrected chi connectivity index (χ4v) is 4.85. The molecule has 0 bridgehead atoms. The predicted octanol–water partition coefficient (Wildman–Crippen LogP) is 8.18. The van der Waals surface area contributed by atoms with Gasteiger partial charge in [0.05, 0.1) is 13.2 Å². The number of benzene rings is 4. The van der Waals surface area contributed by atoms with E-state index < -0.39 is 23.4 Å². The Bertz CT molecular complexity index is 1410. The molecular formula is C36H44N2O5. The average molecular weight is 585 g/mol. The molecule has 43 heavy (non-hydrogen) atoms. The minimum absolute atomic E-state index is 0.292. The highest BCUT2D eigenvalue weighted by Crippen LogP contribution is 2.23. The first-order valence-corrected chi connectivity index (χ1v) is 14.9. The molecule has 4 rings (SSSR count). The topological polar surface area (TPSA) is 68.3 Å². The van der Waals surface area contributed by atoms with Gasteiger partial charge in [-0.15, -0.1) is 0 Å². The smallest absolute Gasteiger partial charge is 0.410 e. The number of nitrogens with zero attached hydrogens (tertiary/aromatic N) is 2. The molecule has 0 radical (unpaired) electrons. The number of rotatable bonds is 10. The highest BCUT2D eigenvalue weighted by atomic mass is 16.6. The Balaban J connectivity index is 1.42. The van der Waals surface area contributed by atoms with Gasteiger partial charge in [0.15, 0.2) is 0 Å². The third-order valence-corrected chi connectivity index (χ3v) is 6.80. The fraction of sp³-hybridized carbons (Fsp3) is 0.389. The highest BCUT2D eigenvalue weighted by molar-refractivity contribution is 5.86. The molecule has 2 amide bonds. The Hall–Kier alpha value is -4.10. The van der Waals surface area contributed by atoms with Crippen LogP contribution in [0.5, 0.6) is 0 Å². The van der Waals surface area contributed by atoms with Crippen LogP contribution >= 0.6 is 0 Å². The Labute approximate surface area is 255 Å². The largest absolute Gasteiger partial charge is 0.444 e. The number of hydrogen-bond donors (Lipinski definition) is 0. The van der Waals surface area contributed by atoms with Gasteiger partial charge in [-0.1, -0.05) is 84.9 Å². The summed E-state index contributed by atoms with van der Waals surface area (Å²) in [5.41, 5.74) is 0.833. The summed E-state index contributed by atoms with van der Waals surface area (Å²) < 4.78 is 17.4. The van der Waals surface area contributed by atoms with Crippen molar-refractivity contribution in [3.63, 3.8) is 0 Å². The van der Waals surface area contributed by atoms with Crippen LogP contribution in [-0.2, 0) is 27.3 Å². The van der Waals surface area contributed by atoms with E-state index in [1.54, 1.807) is 9.80 Å². The summed E-state index contributed by atoms with van der Waals surface area (Å²) in [6.07, 6.45) is -0.786. The standard InChI is InChI=1S/C36H44N2O5/c1-35(2,3)42-33(39)37(25-29-17-11-15-27-13-7-9-19-31(27)29)21-23-41-24-22-38(34(40)43-36(4,5)6)26-30-18-12-16-28-14-8-10-20-32(28)30/h7-20H,21-26H2,1-6H3. The number of ether oxygens (including phenoxy) is 3. The van der Waals surface area contributed by atoms with Gasteiger partial charge in [0.2, 0.25) is 0 Å². The van der Waals surface area contributed by atoms with E-state index in [0.29, 0.717) is 39.4 Å². The second-order valence-corrected chi connectivity index (χ2v) is 12.7. The second-order valence-electron chi connectivity index (χ2n) is 12.7. The molecule has 0 aromatic heterocycles. The van der Waals surface area contributed by atoms with E-state index in [2.05, 4.69) is 36.4 Å². The zero-order chi connectivity index (χ0) is 31.0. The first-order chi connectivity index (χ1) is 20.4. The summed E-state index contributed by atoms with van der Waals surface area (Å²) in [6, 6.07) is 28.5. The SMILES string of the molecule is CC(C)(C)OC(=O)N(CCOCCN(Cc1cccc2ccccc12)C(=O)OC(C)(C)C)Cc1cccc2ccccc12. The quantitative estimate of drug-likeness (QED) is 0.176. The van der Waals surface area contributed by atoms with Crippen LogP contribution in [0, 0.1) is 0 Å². The molecule has 4 aromatic carbocycles. The normalized spacial score (nSPS) is 11.9.